The van der Waals surface area contributed by atoms with E-state index in [-0.39, 0.29) is 0 Å². The first kappa shape index (κ1) is 13.8. The van der Waals surface area contributed by atoms with Gasteiger partial charge in [-0.2, -0.15) is 0 Å². The Morgan fingerprint density at radius 1 is 0.950 bits per heavy atom. The minimum atomic E-state index is 0.466. The lowest BCUT2D eigenvalue weighted by atomic mass is 10.0. The van der Waals surface area contributed by atoms with Gasteiger partial charge < -0.3 is 0 Å². The molecule has 0 saturated carbocycles. The second-order valence-corrected chi connectivity index (χ2v) is 7.04. The monoisotopic (exact) mass is 344 g/mol. The highest BCUT2D eigenvalue weighted by Crippen LogP contribution is 2.30. The van der Waals surface area contributed by atoms with Crippen molar-refractivity contribution >= 4 is 37.4 Å². The first-order valence-corrected chi connectivity index (χ1v) is 8.78. The summed E-state index contributed by atoms with van der Waals surface area (Å²) in [6, 6.07) is 19.4. The first-order chi connectivity index (χ1) is 9.84. The van der Waals surface area contributed by atoms with Crippen LogP contribution in [0.4, 0.5) is 0 Å². The van der Waals surface area contributed by atoms with Crippen molar-refractivity contribution in [3.05, 3.63) is 71.1 Å². The summed E-state index contributed by atoms with van der Waals surface area (Å²) in [6.45, 7) is 0. The summed E-state index contributed by atoms with van der Waals surface area (Å²) in [5, 5.41) is 3.75. The van der Waals surface area contributed by atoms with Gasteiger partial charge in [0.15, 0.2) is 0 Å². The van der Waals surface area contributed by atoms with Gasteiger partial charge in [0, 0.05) is 9.53 Å². The van der Waals surface area contributed by atoms with Crippen molar-refractivity contribution < 1.29 is 0 Å². The molecule has 102 valence electrons. The fraction of sp³-hybridized carbons (Fsp3) is 0.222. The molecular weight excluding hydrogens is 328 g/mol. The molecular formula is C18H17BrS. The number of hydrogen-bond donors (Lipinski definition) is 0. The summed E-state index contributed by atoms with van der Waals surface area (Å²) in [6.07, 6.45) is 3.55. The Balaban J connectivity index is 1.60. The third-order valence-electron chi connectivity index (χ3n) is 3.63. The zero-order valence-corrected chi connectivity index (χ0v) is 13.7. The van der Waals surface area contributed by atoms with Gasteiger partial charge in [0.25, 0.3) is 0 Å². The van der Waals surface area contributed by atoms with E-state index < -0.39 is 0 Å². The number of aryl methyl sites for hydroxylation is 1. The summed E-state index contributed by atoms with van der Waals surface area (Å²) in [5.41, 5.74) is 2.88. The highest BCUT2D eigenvalue weighted by Gasteiger charge is 2.08. The van der Waals surface area contributed by atoms with E-state index in [1.807, 2.05) is 11.3 Å². The second kappa shape index (κ2) is 6.55. The van der Waals surface area contributed by atoms with Crippen LogP contribution < -0.4 is 0 Å². The summed E-state index contributed by atoms with van der Waals surface area (Å²) < 4.78 is 1.40. The van der Waals surface area contributed by atoms with E-state index in [1.54, 1.807) is 0 Å². The van der Waals surface area contributed by atoms with Crippen molar-refractivity contribution in [3.63, 3.8) is 0 Å². The molecule has 1 unspecified atom stereocenters. The predicted molar refractivity (Wildman–Crippen MR) is 92.9 cm³/mol. The highest BCUT2D eigenvalue weighted by molar-refractivity contribution is 9.09. The normalized spacial score (nSPS) is 12.7. The molecule has 0 aliphatic heterocycles. The number of alkyl halides is 1. The molecule has 0 spiro atoms. The largest absolute Gasteiger partial charge is 0.144 e. The van der Waals surface area contributed by atoms with Gasteiger partial charge in [0.1, 0.15) is 0 Å². The summed E-state index contributed by atoms with van der Waals surface area (Å²) in [7, 11) is 0. The Bertz CT molecular complexity index is 672. The van der Waals surface area contributed by atoms with Gasteiger partial charge in [0.2, 0.25) is 0 Å². The average Bonchev–Trinajstić information content (AvgIpc) is 2.92. The van der Waals surface area contributed by atoms with Crippen LogP contribution in [0.1, 0.15) is 28.8 Å². The van der Waals surface area contributed by atoms with E-state index >= 15 is 0 Å². The fourth-order valence-corrected chi connectivity index (χ4v) is 4.15. The molecule has 2 aromatic carbocycles. The lowest BCUT2D eigenvalue weighted by Crippen LogP contribution is -1.91. The van der Waals surface area contributed by atoms with E-state index in [2.05, 4.69) is 75.9 Å². The Morgan fingerprint density at radius 2 is 1.70 bits per heavy atom. The SMILES string of the molecule is BrC(CCCc1csc2ccccc12)c1ccccc1. The summed E-state index contributed by atoms with van der Waals surface area (Å²) in [5.74, 6) is 0. The molecule has 20 heavy (non-hydrogen) atoms. The summed E-state index contributed by atoms with van der Waals surface area (Å²) in [4.78, 5) is 0.466. The molecule has 0 amide bonds. The molecule has 0 N–H and O–H groups in total. The van der Waals surface area contributed by atoms with Crippen molar-refractivity contribution in [3.8, 4) is 0 Å². The van der Waals surface area contributed by atoms with Crippen LogP contribution >= 0.6 is 27.3 Å². The minimum absolute atomic E-state index is 0.466. The first-order valence-electron chi connectivity index (χ1n) is 6.99. The van der Waals surface area contributed by atoms with Crippen LogP contribution in [0.25, 0.3) is 10.1 Å². The Hall–Kier alpha value is -1.12. The Morgan fingerprint density at radius 3 is 2.55 bits per heavy atom. The Kier molecular flexibility index (Phi) is 4.54. The van der Waals surface area contributed by atoms with Crippen molar-refractivity contribution in [2.75, 3.05) is 0 Å². The molecule has 0 aliphatic carbocycles. The molecule has 3 aromatic rings. The lowest BCUT2D eigenvalue weighted by Gasteiger charge is -2.09. The van der Waals surface area contributed by atoms with Crippen LogP contribution in [0.5, 0.6) is 0 Å². The fourth-order valence-electron chi connectivity index (χ4n) is 2.53. The smallest absolute Gasteiger partial charge is 0.0395 e. The van der Waals surface area contributed by atoms with Crippen LogP contribution in [0.2, 0.25) is 0 Å². The lowest BCUT2D eigenvalue weighted by molar-refractivity contribution is 0.733. The van der Waals surface area contributed by atoms with Crippen molar-refractivity contribution in [1.29, 1.82) is 0 Å². The van der Waals surface area contributed by atoms with E-state index in [1.165, 1.54) is 40.5 Å². The zero-order chi connectivity index (χ0) is 13.8. The zero-order valence-electron chi connectivity index (χ0n) is 11.3. The second-order valence-electron chi connectivity index (χ2n) is 5.03. The quantitative estimate of drug-likeness (QED) is 0.472. The maximum atomic E-state index is 3.80. The van der Waals surface area contributed by atoms with Crippen molar-refractivity contribution in [1.82, 2.24) is 0 Å². The van der Waals surface area contributed by atoms with Gasteiger partial charge in [-0.15, -0.1) is 11.3 Å². The number of fused-ring (bicyclic) bond motifs is 1. The van der Waals surface area contributed by atoms with Gasteiger partial charge in [-0.05, 0) is 47.2 Å². The molecule has 0 saturated heterocycles. The van der Waals surface area contributed by atoms with Crippen LogP contribution in [0.15, 0.2) is 60.0 Å². The van der Waals surface area contributed by atoms with Crippen LogP contribution in [-0.2, 0) is 6.42 Å². The summed E-state index contributed by atoms with van der Waals surface area (Å²) >= 11 is 5.66. The molecule has 1 aromatic heterocycles. The Labute approximate surface area is 132 Å². The number of halogens is 1. The maximum absolute atomic E-state index is 3.80. The van der Waals surface area contributed by atoms with Gasteiger partial charge in [0.05, 0.1) is 0 Å². The molecule has 3 rings (SSSR count). The standard InChI is InChI=1S/C18H17BrS/c19-17(14-7-2-1-3-8-14)11-6-9-15-13-20-18-12-5-4-10-16(15)18/h1-5,7-8,10,12-13,17H,6,9,11H2. The van der Waals surface area contributed by atoms with E-state index in [9.17, 15) is 0 Å². The molecule has 2 heteroatoms. The highest BCUT2D eigenvalue weighted by atomic mass is 79.9. The van der Waals surface area contributed by atoms with Crippen LogP contribution in [0, 0.1) is 0 Å². The minimum Gasteiger partial charge on any atom is -0.144 e. The molecule has 1 heterocycles. The average molecular weight is 345 g/mol. The third-order valence-corrected chi connectivity index (χ3v) is 5.62. The molecule has 0 bridgehead atoms. The molecule has 0 nitrogen and oxygen atoms in total. The van der Waals surface area contributed by atoms with Crippen molar-refractivity contribution in [2.45, 2.75) is 24.1 Å². The molecule has 0 fully saturated rings. The molecule has 0 aliphatic rings. The van der Waals surface area contributed by atoms with Gasteiger partial charge in [-0.1, -0.05) is 64.5 Å². The number of hydrogen-bond acceptors (Lipinski definition) is 1. The van der Waals surface area contributed by atoms with Gasteiger partial charge in [-0.25, -0.2) is 0 Å². The van der Waals surface area contributed by atoms with Gasteiger partial charge >= 0.3 is 0 Å². The van der Waals surface area contributed by atoms with E-state index in [0.29, 0.717) is 4.83 Å². The van der Waals surface area contributed by atoms with E-state index in [0.717, 1.165) is 0 Å². The number of benzene rings is 2. The van der Waals surface area contributed by atoms with Gasteiger partial charge in [-0.3, -0.25) is 0 Å². The maximum Gasteiger partial charge on any atom is 0.0395 e. The van der Waals surface area contributed by atoms with Crippen molar-refractivity contribution in [2.24, 2.45) is 0 Å². The predicted octanol–water partition coefficient (Wildman–Crippen LogP) is 6.36. The van der Waals surface area contributed by atoms with E-state index in [4.69, 9.17) is 0 Å². The van der Waals surface area contributed by atoms with Crippen LogP contribution in [-0.4, -0.2) is 0 Å². The topological polar surface area (TPSA) is 0 Å². The molecule has 1 atom stereocenters. The number of rotatable bonds is 5. The molecule has 0 radical (unpaired) electrons. The van der Waals surface area contributed by atoms with Crippen LogP contribution in [0.3, 0.4) is 0 Å². The third kappa shape index (κ3) is 3.13. The number of thiophene rings is 1.